The van der Waals surface area contributed by atoms with Crippen molar-refractivity contribution in [3.63, 3.8) is 0 Å². The van der Waals surface area contributed by atoms with Crippen LogP contribution in [0.4, 0.5) is 11.4 Å². The predicted molar refractivity (Wildman–Crippen MR) is 121 cm³/mol. The van der Waals surface area contributed by atoms with Crippen LogP contribution in [0, 0.1) is 11.3 Å². The van der Waals surface area contributed by atoms with Crippen LogP contribution >= 0.6 is 0 Å². The number of carbonyl (C=O) groups is 1. The lowest BCUT2D eigenvalue weighted by molar-refractivity contribution is -0.131. The number of piperidine rings is 1. The fraction of sp³-hybridized carbons (Fsp3) is 0.333. The van der Waals surface area contributed by atoms with Gasteiger partial charge in [0.25, 0.3) is 0 Å². The average Bonchev–Trinajstić information content (AvgIpc) is 3.23. The Labute approximate surface area is 185 Å². The van der Waals surface area contributed by atoms with E-state index in [4.69, 9.17) is 5.26 Å². The molecule has 0 unspecified atom stereocenters. The maximum atomic E-state index is 12.2. The molecule has 0 bridgehead atoms. The number of aromatic nitrogens is 3. The van der Waals surface area contributed by atoms with Crippen LogP contribution in [-0.4, -0.2) is 59.6 Å². The number of hydrogen-bond acceptors (Lipinski definition) is 7. The molecule has 1 amide bonds. The molecule has 3 N–H and O–H groups in total. The molecule has 4 heterocycles. The van der Waals surface area contributed by atoms with Gasteiger partial charge in [0.2, 0.25) is 15.9 Å². The number of rotatable bonds is 6. The second-order valence-corrected chi connectivity index (χ2v) is 9.50. The fourth-order valence-electron chi connectivity index (χ4n) is 3.92. The van der Waals surface area contributed by atoms with Crippen molar-refractivity contribution in [3.8, 4) is 17.3 Å². The van der Waals surface area contributed by atoms with Crippen molar-refractivity contribution >= 4 is 38.3 Å². The van der Waals surface area contributed by atoms with Gasteiger partial charge in [-0.05, 0) is 31.0 Å². The summed E-state index contributed by atoms with van der Waals surface area (Å²) < 4.78 is 25.7. The molecular weight excluding hydrogens is 430 g/mol. The maximum Gasteiger partial charge on any atom is 0.236 e. The lowest BCUT2D eigenvalue weighted by Crippen LogP contribution is -2.45. The minimum absolute atomic E-state index is 0.0111. The van der Waals surface area contributed by atoms with E-state index >= 15 is 0 Å². The molecule has 0 aliphatic carbocycles. The normalized spacial score (nSPS) is 16.5. The minimum atomic E-state index is -3.43. The maximum absolute atomic E-state index is 12.2. The summed E-state index contributed by atoms with van der Waals surface area (Å²) >= 11 is 0. The van der Waals surface area contributed by atoms with Crippen LogP contribution in [0.2, 0.25) is 0 Å². The van der Waals surface area contributed by atoms with Gasteiger partial charge in [0, 0.05) is 48.7 Å². The second-order valence-electron chi connectivity index (χ2n) is 7.75. The summed E-state index contributed by atoms with van der Waals surface area (Å²) in [6, 6.07) is 7.06. The van der Waals surface area contributed by atoms with E-state index in [1.807, 2.05) is 12.1 Å². The third kappa shape index (κ3) is 4.81. The Morgan fingerprint density at radius 1 is 1.38 bits per heavy atom. The molecule has 1 saturated heterocycles. The van der Waals surface area contributed by atoms with Crippen LogP contribution in [-0.2, 0) is 14.8 Å². The highest BCUT2D eigenvalue weighted by molar-refractivity contribution is 7.92. The number of amides is 1. The first-order valence-corrected chi connectivity index (χ1v) is 12.0. The summed E-state index contributed by atoms with van der Waals surface area (Å²) in [5, 5.41) is 13.3. The standard InChI is InChI=1S/C21H23N7O3S/c1-32(30,31)27-14-5-8-23-18(11-14)17-12-25-21-16(6-9-24-21)20(17)26-15-3-2-10-28(13-15)19(29)4-7-22/h5-6,8-9,11-12,15H,2-4,10,13H2,1H3,(H,23,27)(H2,24,25,26)/t15-/m1/s1. The zero-order valence-electron chi connectivity index (χ0n) is 17.5. The Morgan fingerprint density at radius 2 is 2.22 bits per heavy atom. The Hall–Kier alpha value is -3.65. The van der Waals surface area contributed by atoms with E-state index in [2.05, 4.69) is 25.0 Å². The van der Waals surface area contributed by atoms with Gasteiger partial charge in [-0.15, -0.1) is 0 Å². The van der Waals surface area contributed by atoms with E-state index in [0.717, 1.165) is 35.7 Å². The highest BCUT2D eigenvalue weighted by atomic mass is 32.2. The molecule has 1 atom stereocenters. The van der Waals surface area contributed by atoms with Crippen molar-refractivity contribution in [2.24, 2.45) is 0 Å². The van der Waals surface area contributed by atoms with E-state index in [0.29, 0.717) is 30.1 Å². The molecule has 0 spiro atoms. The van der Waals surface area contributed by atoms with Gasteiger partial charge in [0.05, 0.1) is 29.4 Å². The number of carbonyl (C=O) groups excluding carboxylic acids is 1. The number of H-pyrrole nitrogens is 1. The molecule has 3 aromatic heterocycles. The van der Waals surface area contributed by atoms with Gasteiger partial charge in [-0.3, -0.25) is 14.5 Å². The van der Waals surface area contributed by atoms with Crippen molar-refractivity contribution in [3.05, 3.63) is 36.8 Å². The molecule has 32 heavy (non-hydrogen) atoms. The third-order valence-electron chi connectivity index (χ3n) is 5.28. The largest absolute Gasteiger partial charge is 0.379 e. The summed E-state index contributed by atoms with van der Waals surface area (Å²) in [7, 11) is -3.43. The first kappa shape index (κ1) is 21.6. The summed E-state index contributed by atoms with van der Waals surface area (Å²) in [5.41, 5.74) is 3.19. The topological polar surface area (TPSA) is 144 Å². The van der Waals surface area contributed by atoms with E-state index in [-0.39, 0.29) is 18.4 Å². The zero-order valence-corrected chi connectivity index (χ0v) is 18.3. The van der Waals surface area contributed by atoms with E-state index < -0.39 is 10.0 Å². The van der Waals surface area contributed by atoms with Crippen LogP contribution < -0.4 is 10.0 Å². The molecule has 0 aromatic carbocycles. The fourth-order valence-corrected chi connectivity index (χ4v) is 4.47. The molecule has 11 heteroatoms. The Kier molecular flexibility index (Phi) is 5.96. The molecule has 0 saturated carbocycles. The van der Waals surface area contributed by atoms with E-state index in [9.17, 15) is 13.2 Å². The number of nitrogens with one attached hydrogen (secondary N) is 3. The van der Waals surface area contributed by atoms with Gasteiger partial charge in [0.15, 0.2) is 0 Å². The van der Waals surface area contributed by atoms with Crippen LogP contribution in [0.5, 0.6) is 0 Å². The van der Waals surface area contributed by atoms with Gasteiger partial charge in [-0.25, -0.2) is 13.4 Å². The number of sulfonamides is 1. The van der Waals surface area contributed by atoms with Crippen LogP contribution in [0.1, 0.15) is 19.3 Å². The first-order valence-electron chi connectivity index (χ1n) is 10.2. The smallest absolute Gasteiger partial charge is 0.236 e. The summed E-state index contributed by atoms with van der Waals surface area (Å²) in [5.74, 6) is -0.165. The van der Waals surface area contributed by atoms with Crippen molar-refractivity contribution in [1.82, 2.24) is 19.9 Å². The molecule has 3 aromatic rings. The monoisotopic (exact) mass is 453 g/mol. The van der Waals surface area contributed by atoms with Gasteiger partial charge >= 0.3 is 0 Å². The highest BCUT2D eigenvalue weighted by Gasteiger charge is 2.25. The molecule has 10 nitrogen and oxygen atoms in total. The Morgan fingerprint density at radius 3 is 3.00 bits per heavy atom. The average molecular weight is 454 g/mol. The van der Waals surface area contributed by atoms with Crippen molar-refractivity contribution in [1.29, 1.82) is 5.26 Å². The van der Waals surface area contributed by atoms with Crippen LogP contribution in [0.15, 0.2) is 36.8 Å². The number of pyridine rings is 2. The Balaban J connectivity index is 1.68. The summed E-state index contributed by atoms with van der Waals surface area (Å²) in [6.45, 7) is 1.14. The van der Waals surface area contributed by atoms with Gasteiger partial charge in [-0.1, -0.05) is 0 Å². The number of anilines is 2. The molecular formula is C21H23N7O3S. The number of nitriles is 1. The number of aromatic amines is 1. The van der Waals surface area contributed by atoms with Crippen molar-refractivity contribution in [2.75, 3.05) is 29.4 Å². The van der Waals surface area contributed by atoms with Crippen molar-refractivity contribution < 1.29 is 13.2 Å². The van der Waals surface area contributed by atoms with Crippen LogP contribution in [0.25, 0.3) is 22.3 Å². The SMILES string of the molecule is CS(=O)(=O)Nc1ccnc(-c2cnc3[nH]ccc3c2N[C@@H]2CCCN(C(=O)CC#N)C2)c1. The molecule has 1 aliphatic heterocycles. The zero-order chi connectivity index (χ0) is 22.7. The molecule has 166 valence electrons. The van der Waals surface area contributed by atoms with Crippen LogP contribution in [0.3, 0.4) is 0 Å². The lowest BCUT2D eigenvalue weighted by atomic mass is 10.0. The summed E-state index contributed by atoms with van der Waals surface area (Å²) in [6.07, 6.45) is 7.69. The van der Waals surface area contributed by atoms with Gasteiger partial charge in [-0.2, -0.15) is 5.26 Å². The predicted octanol–water partition coefficient (Wildman–Crippen LogP) is 2.31. The second kappa shape index (κ2) is 8.84. The number of hydrogen-bond donors (Lipinski definition) is 3. The minimum Gasteiger partial charge on any atom is -0.379 e. The Bertz CT molecular complexity index is 1300. The quantitative estimate of drug-likeness (QED) is 0.519. The lowest BCUT2D eigenvalue weighted by Gasteiger charge is -2.34. The van der Waals surface area contributed by atoms with Gasteiger partial charge in [0.1, 0.15) is 12.1 Å². The number of nitrogens with zero attached hydrogens (tertiary/aromatic N) is 4. The summed E-state index contributed by atoms with van der Waals surface area (Å²) in [4.78, 5) is 25.9. The van der Waals surface area contributed by atoms with E-state index in [1.165, 1.54) is 6.20 Å². The first-order chi connectivity index (χ1) is 15.3. The van der Waals surface area contributed by atoms with E-state index in [1.54, 1.807) is 29.4 Å². The molecule has 0 radical (unpaired) electrons. The highest BCUT2D eigenvalue weighted by Crippen LogP contribution is 2.34. The molecule has 4 rings (SSSR count). The number of likely N-dealkylation sites (tertiary alicyclic amines) is 1. The van der Waals surface area contributed by atoms with Gasteiger partial charge < -0.3 is 15.2 Å². The van der Waals surface area contributed by atoms with Crippen molar-refractivity contribution in [2.45, 2.75) is 25.3 Å². The third-order valence-corrected chi connectivity index (χ3v) is 5.89. The molecule has 1 fully saturated rings. The molecule has 1 aliphatic rings. The number of fused-ring (bicyclic) bond motifs is 1.